The molecular formula is C23H24N2O5. The van der Waals surface area contributed by atoms with Crippen molar-refractivity contribution in [1.82, 2.24) is 4.98 Å². The maximum absolute atomic E-state index is 11.9. The molecule has 1 aliphatic carbocycles. The molecule has 7 heteroatoms. The molecule has 0 spiro atoms. The number of ether oxygens (including phenoxy) is 1. The van der Waals surface area contributed by atoms with Crippen molar-refractivity contribution in [3.05, 3.63) is 58.3 Å². The second-order valence-electron chi connectivity index (χ2n) is 7.88. The number of nitro groups is 1. The molecule has 1 aliphatic rings. The average molecular weight is 408 g/mol. The average Bonchev–Trinajstić information content (AvgIpc) is 3.41. The Balaban J connectivity index is 1.79. The number of aromatic amines is 1. The molecule has 2 N–H and O–H groups in total. The van der Waals surface area contributed by atoms with E-state index < -0.39 is 10.9 Å². The lowest BCUT2D eigenvalue weighted by Crippen LogP contribution is -2.10. The molecule has 0 aliphatic heterocycles. The van der Waals surface area contributed by atoms with Crippen LogP contribution in [0.5, 0.6) is 5.75 Å². The van der Waals surface area contributed by atoms with Crippen LogP contribution >= 0.6 is 0 Å². The fourth-order valence-electron chi connectivity index (χ4n) is 4.17. The Morgan fingerprint density at radius 1 is 1.20 bits per heavy atom. The van der Waals surface area contributed by atoms with Crippen LogP contribution in [0.15, 0.2) is 42.6 Å². The molecule has 3 aromatic rings. The van der Waals surface area contributed by atoms with Crippen LogP contribution in [0.1, 0.15) is 37.7 Å². The predicted octanol–water partition coefficient (Wildman–Crippen LogP) is 5.33. The van der Waals surface area contributed by atoms with Crippen molar-refractivity contribution < 1.29 is 19.6 Å². The first-order valence-corrected chi connectivity index (χ1v) is 10.2. The van der Waals surface area contributed by atoms with Crippen LogP contribution in [0, 0.1) is 16.0 Å². The fraction of sp³-hybridized carbons (Fsp3) is 0.348. The number of hydrogen-bond donors (Lipinski definition) is 2. The number of aryl methyl sites for hydroxylation is 1. The lowest BCUT2D eigenvalue weighted by Gasteiger charge is -2.16. The fourth-order valence-corrected chi connectivity index (χ4v) is 4.17. The topological polar surface area (TPSA) is 105 Å². The van der Waals surface area contributed by atoms with Gasteiger partial charge in [-0.05, 0) is 66.0 Å². The maximum atomic E-state index is 11.9. The van der Waals surface area contributed by atoms with Gasteiger partial charge in [0.25, 0.3) is 0 Å². The van der Waals surface area contributed by atoms with Crippen LogP contribution in [0.2, 0.25) is 0 Å². The Kier molecular flexibility index (Phi) is 5.70. The SMILES string of the molecule is O=C(O)CCc1cc(-c2ccc3[nH]ccc3c2)c(OCC2CCCC2)c([N+](=O)[O-])c1. The molecule has 1 heterocycles. The summed E-state index contributed by atoms with van der Waals surface area (Å²) in [6.07, 6.45) is 6.47. The van der Waals surface area contributed by atoms with Gasteiger partial charge >= 0.3 is 11.7 Å². The van der Waals surface area contributed by atoms with Gasteiger partial charge < -0.3 is 14.8 Å². The normalized spacial score (nSPS) is 14.3. The minimum absolute atomic E-state index is 0.0876. The van der Waals surface area contributed by atoms with Crippen LogP contribution in [0.25, 0.3) is 22.0 Å². The van der Waals surface area contributed by atoms with Gasteiger partial charge in [0.2, 0.25) is 5.75 Å². The van der Waals surface area contributed by atoms with Crippen molar-refractivity contribution in [2.24, 2.45) is 5.92 Å². The van der Waals surface area contributed by atoms with E-state index in [9.17, 15) is 14.9 Å². The number of carbonyl (C=O) groups is 1. The van der Waals surface area contributed by atoms with Crippen LogP contribution in [-0.4, -0.2) is 27.6 Å². The minimum atomic E-state index is -0.936. The molecule has 0 saturated heterocycles. The monoisotopic (exact) mass is 408 g/mol. The molecule has 0 unspecified atom stereocenters. The summed E-state index contributed by atoms with van der Waals surface area (Å²) in [5, 5.41) is 21.9. The van der Waals surface area contributed by atoms with Gasteiger partial charge in [0.05, 0.1) is 11.5 Å². The zero-order valence-corrected chi connectivity index (χ0v) is 16.6. The van der Waals surface area contributed by atoms with E-state index in [4.69, 9.17) is 9.84 Å². The number of fused-ring (bicyclic) bond motifs is 1. The standard InChI is InChI=1S/C23H24N2O5/c26-22(27)8-5-16-11-19(17-6-7-20-18(13-17)9-10-24-20)23(21(12-16)25(28)29)30-14-15-3-1-2-4-15/h6-7,9-13,15,24H,1-5,8,14H2,(H,26,27). The first kappa shape index (κ1) is 19.9. The molecule has 156 valence electrons. The Labute approximate surface area is 173 Å². The number of nitrogens with one attached hydrogen (secondary N) is 1. The third-order valence-electron chi connectivity index (χ3n) is 5.76. The summed E-state index contributed by atoms with van der Waals surface area (Å²) in [5.74, 6) is -0.258. The van der Waals surface area contributed by atoms with E-state index in [1.54, 1.807) is 0 Å². The van der Waals surface area contributed by atoms with Gasteiger partial charge in [0.1, 0.15) is 0 Å². The Bertz CT molecular complexity index is 1080. The number of aliphatic carboxylic acids is 1. The number of carboxylic acids is 1. The second-order valence-corrected chi connectivity index (χ2v) is 7.88. The zero-order valence-electron chi connectivity index (χ0n) is 16.6. The van der Waals surface area contributed by atoms with E-state index in [1.165, 1.54) is 18.9 Å². The number of rotatable bonds is 8. The zero-order chi connectivity index (χ0) is 21.1. The van der Waals surface area contributed by atoms with Gasteiger partial charge in [-0.1, -0.05) is 18.9 Å². The Morgan fingerprint density at radius 2 is 2.00 bits per heavy atom. The first-order chi connectivity index (χ1) is 14.5. The van der Waals surface area contributed by atoms with Crippen molar-refractivity contribution in [3.8, 4) is 16.9 Å². The first-order valence-electron chi connectivity index (χ1n) is 10.2. The molecule has 0 atom stereocenters. The summed E-state index contributed by atoms with van der Waals surface area (Å²) in [5.41, 5.74) is 2.92. The predicted molar refractivity (Wildman–Crippen MR) is 114 cm³/mol. The molecular weight excluding hydrogens is 384 g/mol. The van der Waals surface area contributed by atoms with Crippen molar-refractivity contribution >= 4 is 22.6 Å². The molecule has 1 fully saturated rings. The van der Waals surface area contributed by atoms with Crippen LogP contribution in [-0.2, 0) is 11.2 Å². The highest BCUT2D eigenvalue weighted by Crippen LogP contribution is 2.41. The van der Waals surface area contributed by atoms with Gasteiger partial charge in [-0.2, -0.15) is 0 Å². The molecule has 0 amide bonds. The van der Waals surface area contributed by atoms with Gasteiger partial charge in [-0.3, -0.25) is 14.9 Å². The Hall–Kier alpha value is -3.35. The van der Waals surface area contributed by atoms with E-state index in [2.05, 4.69) is 4.98 Å². The van der Waals surface area contributed by atoms with Gasteiger partial charge in [-0.15, -0.1) is 0 Å². The van der Waals surface area contributed by atoms with E-state index in [-0.39, 0.29) is 24.3 Å². The van der Waals surface area contributed by atoms with Crippen molar-refractivity contribution in [1.29, 1.82) is 0 Å². The van der Waals surface area contributed by atoms with Gasteiger partial charge in [0.15, 0.2) is 0 Å². The molecule has 4 rings (SSSR count). The van der Waals surface area contributed by atoms with E-state index in [0.717, 1.165) is 29.3 Å². The third kappa shape index (κ3) is 4.30. The molecule has 1 aromatic heterocycles. The summed E-state index contributed by atoms with van der Waals surface area (Å²) in [4.78, 5) is 25.6. The smallest absolute Gasteiger partial charge is 0.311 e. The molecule has 2 aromatic carbocycles. The second kappa shape index (κ2) is 8.57. The van der Waals surface area contributed by atoms with Crippen LogP contribution < -0.4 is 4.74 Å². The molecule has 7 nitrogen and oxygen atoms in total. The summed E-state index contributed by atoms with van der Waals surface area (Å²) >= 11 is 0. The lowest BCUT2D eigenvalue weighted by atomic mass is 9.97. The van der Waals surface area contributed by atoms with Crippen molar-refractivity contribution in [2.75, 3.05) is 6.61 Å². The third-order valence-corrected chi connectivity index (χ3v) is 5.76. The summed E-state index contributed by atoms with van der Waals surface area (Å²) < 4.78 is 6.08. The number of aromatic nitrogens is 1. The largest absolute Gasteiger partial charge is 0.486 e. The molecule has 0 bridgehead atoms. The van der Waals surface area contributed by atoms with E-state index in [1.807, 2.05) is 36.5 Å². The van der Waals surface area contributed by atoms with E-state index in [0.29, 0.717) is 23.7 Å². The molecule has 30 heavy (non-hydrogen) atoms. The van der Waals surface area contributed by atoms with Crippen molar-refractivity contribution in [3.63, 3.8) is 0 Å². The van der Waals surface area contributed by atoms with E-state index >= 15 is 0 Å². The van der Waals surface area contributed by atoms with Crippen LogP contribution in [0.4, 0.5) is 5.69 Å². The molecule has 0 radical (unpaired) electrons. The summed E-state index contributed by atoms with van der Waals surface area (Å²) in [7, 11) is 0. The summed E-state index contributed by atoms with van der Waals surface area (Å²) in [6, 6.07) is 11.0. The Morgan fingerprint density at radius 3 is 2.73 bits per heavy atom. The number of carboxylic acid groups (broad SMARTS) is 1. The number of hydrogen-bond acceptors (Lipinski definition) is 4. The number of nitrogens with zero attached hydrogens (tertiary/aromatic N) is 1. The highest BCUT2D eigenvalue weighted by atomic mass is 16.6. The van der Waals surface area contributed by atoms with Crippen LogP contribution in [0.3, 0.4) is 0 Å². The summed E-state index contributed by atoms with van der Waals surface area (Å²) in [6.45, 7) is 0.453. The quantitative estimate of drug-likeness (QED) is 0.387. The minimum Gasteiger partial charge on any atom is -0.486 e. The molecule has 1 saturated carbocycles. The van der Waals surface area contributed by atoms with Gasteiger partial charge in [0, 0.05) is 29.8 Å². The maximum Gasteiger partial charge on any atom is 0.311 e. The highest BCUT2D eigenvalue weighted by Gasteiger charge is 2.25. The highest BCUT2D eigenvalue weighted by molar-refractivity contribution is 5.87. The van der Waals surface area contributed by atoms with Gasteiger partial charge in [-0.25, -0.2) is 0 Å². The number of H-pyrrole nitrogens is 1. The van der Waals surface area contributed by atoms with Crippen molar-refractivity contribution in [2.45, 2.75) is 38.5 Å². The number of nitro benzene ring substituents is 1. The lowest BCUT2D eigenvalue weighted by molar-refractivity contribution is -0.385. The number of benzene rings is 2.